The summed E-state index contributed by atoms with van der Waals surface area (Å²) in [6.07, 6.45) is 0.947. The van der Waals surface area contributed by atoms with E-state index in [1.807, 2.05) is 13.8 Å². The van der Waals surface area contributed by atoms with Gasteiger partial charge in [-0.05, 0) is 25.8 Å². The molecule has 0 aliphatic carbocycles. The molecule has 0 saturated heterocycles. The van der Waals surface area contributed by atoms with Gasteiger partial charge in [-0.25, -0.2) is 0 Å². The van der Waals surface area contributed by atoms with Crippen LogP contribution in [0.2, 0.25) is 0 Å². The summed E-state index contributed by atoms with van der Waals surface area (Å²) < 4.78 is 5.01. The van der Waals surface area contributed by atoms with E-state index in [1.54, 1.807) is 0 Å². The molecular weight excluding hydrogens is 138 g/mol. The third-order valence-electron chi connectivity index (χ3n) is 1.81. The molecule has 0 radical (unpaired) electrons. The minimum atomic E-state index is 0.870. The maximum atomic E-state index is 5.01. The number of aryl methyl sites for hydroxylation is 2. The Balaban J connectivity index is 3.10. The summed E-state index contributed by atoms with van der Waals surface area (Å²) in [4.78, 5) is 0. The van der Waals surface area contributed by atoms with Gasteiger partial charge in [-0.15, -0.1) is 0 Å². The fraction of sp³-hybridized carbons (Fsp3) is 0.444. The largest absolute Gasteiger partial charge is 0.361 e. The van der Waals surface area contributed by atoms with E-state index in [-0.39, 0.29) is 0 Å². The smallest absolute Gasteiger partial charge is 0.141 e. The molecule has 0 N–H and O–H groups in total. The van der Waals surface area contributed by atoms with Gasteiger partial charge >= 0.3 is 0 Å². The van der Waals surface area contributed by atoms with Crippen molar-refractivity contribution in [3.8, 4) is 0 Å². The van der Waals surface area contributed by atoms with E-state index in [2.05, 4.69) is 18.7 Å². The molecule has 2 heteroatoms. The SMILES string of the molecule is C=C(CC)c1c(C)noc1C. The summed E-state index contributed by atoms with van der Waals surface area (Å²) in [5, 5.41) is 3.85. The monoisotopic (exact) mass is 151 g/mol. The lowest BCUT2D eigenvalue weighted by atomic mass is 10.0. The molecule has 0 fully saturated rings. The quantitative estimate of drug-likeness (QED) is 0.649. The Morgan fingerprint density at radius 1 is 1.55 bits per heavy atom. The summed E-state index contributed by atoms with van der Waals surface area (Å²) in [6, 6.07) is 0. The van der Waals surface area contributed by atoms with Crippen molar-refractivity contribution in [3.05, 3.63) is 23.6 Å². The van der Waals surface area contributed by atoms with Gasteiger partial charge in [-0.2, -0.15) is 0 Å². The molecule has 0 saturated carbocycles. The molecule has 0 atom stereocenters. The van der Waals surface area contributed by atoms with E-state index in [0.717, 1.165) is 29.0 Å². The van der Waals surface area contributed by atoms with Crippen LogP contribution in [-0.4, -0.2) is 5.16 Å². The number of hydrogen-bond donors (Lipinski definition) is 0. The average Bonchev–Trinajstić information content (AvgIpc) is 2.30. The van der Waals surface area contributed by atoms with Gasteiger partial charge in [0.2, 0.25) is 0 Å². The van der Waals surface area contributed by atoms with Crippen molar-refractivity contribution in [1.82, 2.24) is 5.16 Å². The summed E-state index contributed by atoms with van der Waals surface area (Å²) in [6.45, 7) is 9.86. The van der Waals surface area contributed by atoms with Gasteiger partial charge in [0.25, 0.3) is 0 Å². The molecule has 1 aromatic rings. The first kappa shape index (κ1) is 8.05. The predicted molar refractivity (Wildman–Crippen MR) is 45.3 cm³/mol. The lowest BCUT2D eigenvalue weighted by molar-refractivity contribution is 0.393. The highest BCUT2D eigenvalue weighted by Gasteiger charge is 2.09. The number of rotatable bonds is 2. The third-order valence-corrected chi connectivity index (χ3v) is 1.81. The summed E-state index contributed by atoms with van der Waals surface area (Å²) in [5.41, 5.74) is 3.13. The third kappa shape index (κ3) is 1.34. The van der Waals surface area contributed by atoms with Crippen molar-refractivity contribution >= 4 is 5.57 Å². The van der Waals surface area contributed by atoms with E-state index in [1.165, 1.54) is 0 Å². The molecule has 0 unspecified atom stereocenters. The first-order valence-corrected chi connectivity index (χ1v) is 3.77. The normalized spacial score (nSPS) is 10.1. The molecule has 1 aromatic heterocycles. The van der Waals surface area contributed by atoms with Gasteiger partial charge in [0.05, 0.1) is 5.69 Å². The minimum Gasteiger partial charge on any atom is -0.361 e. The Kier molecular flexibility index (Phi) is 2.13. The van der Waals surface area contributed by atoms with Crippen molar-refractivity contribution in [2.24, 2.45) is 0 Å². The average molecular weight is 151 g/mol. The van der Waals surface area contributed by atoms with Gasteiger partial charge in [0, 0.05) is 5.56 Å². The van der Waals surface area contributed by atoms with E-state index >= 15 is 0 Å². The molecule has 2 nitrogen and oxygen atoms in total. The lowest BCUT2D eigenvalue weighted by Gasteiger charge is -1.98. The molecule has 0 spiro atoms. The Hall–Kier alpha value is -1.05. The standard InChI is InChI=1S/C9H13NO/c1-5-6(2)9-7(3)10-11-8(9)4/h2,5H2,1,3-4H3. The Morgan fingerprint density at radius 3 is 2.55 bits per heavy atom. The zero-order chi connectivity index (χ0) is 8.43. The van der Waals surface area contributed by atoms with Crippen LogP contribution < -0.4 is 0 Å². The molecule has 0 bridgehead atoms. The van der Waals surface area contributed by atoms with Crippen LogP contribution in [0.25, 0.3) is 5.57 Å². The van der Waals surface area contributed by atoms with Gasteiger partial charge < -0.3 is 4.52 Å². The van der Waals surface area contributed by atoms with Crippen LogP contribution in [0.1, 0.15) is 30.4 Å². The van der Waals surface area contributed by atoms with E-state index < -0.39 is 0 Å². The summed E-state index contributed by atoms with van der Waals surface area (Å²) in [7, 11) is 0. The number of hydrogen-bond acceptors (Lipinski definition) is 2. The maximum absolute atomic E-state index is 5.01. The maximum Gasteiger partial charge on any atom is 0.141 e. The topological polar surface area (TPSA) is 26.0 Å². The fourth-order valence-corrected chi connectivity index (χ4v) is 1.16. The Morgan fingerprint density at radius 2 is 2.18 bits per heavy atom. The van der Waals surface area contributed by atoms with Crippen LogP contribution in [0.15, 0.2) is 11.1 Å². The number of aromatic nitrogens is 1. The number of nitrogens with zero attached hydrogens (tertiary/aromatic N) is 1. The highest BCUT2D eigenvalue weighted by Crippen LogP contribution is 2.22. The molecule has 60 valence electrons. The molecule has 1 rings (SSSR count). The summed E-state index contributed by atoms with van der Waals surface area (Å²) >= 11 is 0. The highest BCUT2D eigenvalue weighted by atomic mass is 16.5. The van der Waals surface area contributed by atoms with Crippen molar-refractivity contribution in [3.63, 3.8) is 0 Å². The second-order valence-corrected chi connectivity index (χ2v) is 2.66. The molecule has 0 aromatic carbocycles. The molecule has 0 aliphatic rings. The van der Waals surface area contributed by atoms with Crippen LogP contribution >= 0.6 is 0 Å². The second-order valence-electron chi connectivity index (χ2n) is 2.66. The van der Waals surface area contributed by atoms with Crippen LogP contribution in [0.4, 0.5) is 0 Å². The van der Waals surface area contributed by atoms with E-state index in [4.69, 9.17) is 4.52 Å². The number of allylic oxidation sites excluding steroid dienone is 1. The van der Waals surface area contributed by atoms with Gasteiger partial charge in [-0.3, -0.25) is 0 Å². The molecule has 1 heterocycles. The van der Waals surface area contributed by atoms with E-state index in [0.29, 0.717) is 0 Å². The Labute approximate surface area is 66.9 Å². The van der Waals surface area contributed by atoms with Crippen LogP contribution in [-0.2, 0) is 0 Å². The van der Waals surface area contributed by atoms with Gasteiger partial charge in [-0.1, -0.05) is 18.7 Å². The molecule has 0 aliphatic heterocycles. The Bertz CT molecular complexity index is 254. The highest BCUT2D eigenvalue weighted by molar-refractivity contribution is 5.65. The van der Waals surface area contributed by atoms with E-state index in [9.17, 15) is 0 Å². The lowest BCUT2D eigenvalue weighted by Crippen LogP contribution is -1.84. The predicted octanol–water partition coefficient (Wildman–Crippen LogP) is 2.71. The second kappa shape index (κ2) is 2.91. The van der Waals surface area contributed by atoms with Crippen molar-refractivity contribution in [1.29, 1.82) is 0 Å². The van der Waals surface area contributed by atoms with Crippen molar-refractivity contribution in [2.45, 2.75) is 27.2 Å². The van der Waals surface area contributed by atoms with Crippen LogP contribution in [0, 0.1) is 13.8 Å². The zero-order valence-electron chi connectivity index (χ0n) is 7.27. The van der Waals surface area contributed by atoms with Crippen LogP contribution in [0.5, 0.6) is 0 Å². The molecule has 11 heavy (non-hydrogen) atoms. The first-order chi connectivity index (χ1) is 5.16. The van der Waals surface area contributed by atoms with Crippen LogP contribution in [0.3, 0.4) is 0 Å². The summed E-state index contributed by atoms with van der Waals surface area (Å²) in [5.74, 6) is 0.870. The van der Waals surface area contributed by atoms with Gasteiger partial charge in [0.15, 0.2) is 0 Å². The van der Waals surface area contributed by atoms with Crippen molar-refractivity contribution in [2.75, 3.05) is 0 Å². The molecular formula is C9H13NO. The first-order valence-electron chi connectivity index (χ1n) is 3.77. The zero-order valence-corrected chi connectivity index (χ0v) is 7.27. The molecule has 0 amide bonds. The fourth-order valence-electron chi connectivity index (χ4n) is 1.16. The minimum absolute atomic E-state index is 0.870. The van der Waals surface area contributed by atoms with Gasteiger partial charge in [0.1, 0.15) is 5.76 Å². The van der Waals surface area contributed by atoms with Crippen molar-refractivity contribution < 1.29 is 4.52 Å².